The second kappa shape index (κ2) is 10.6. The van der Waals surface area contributed by atoms with E-state index in [0.29, 0.717) is 39.4 Å². The van der Waals surface area contributed by atoms with E-state index >= 15 is 0 Å². The van der Waals surface area contributed by atoms with Gasteiger partial charge >= 0.3 is 12.2 Å². The molecule has 1 fully saturated rings. The standard InChI is InChI=1S/C23H28F3N3O2/c1-28(12-11-18-5-3-2-4-6-18)22(30)27-17-21(29-13-15-31-16-14-29)19-7-9-20(10-8-19)23(24,25)26/h2-10,21H,11-17H2,1H3,(H,27,30). The van der Waals surface area contributed by atoms with Gasteiger partial charge in [0.25, 0.3) is 0 Å². The third-order valence-electron chi connectivity index (χ3n) is 5.48. The van der Waals surface area contributed by atoms with E-state index in [1.807, 2.05) is 30.3 Å². The van der Waals surface area contributed by atoms with E-state index in [-0.39, 0.29) is 12.1 Å². The monoisotopic (exact) mass is 435 g/mol. The van der Waals surface area contributed by atoms with E-state index in [1.165, 1.54) is 12.1 Å². The molecule has 0 saturated carbocycles. The maximum Gasteiger partial charge on any atom is 0.416 e. The van der Waals surface area contributed by atoms with Crippen molar-refractivity contribution in [2.75, 3.05) is 46.4 Å². The van der Waals surface area contributed by atoms with E-state index < -0.39 is 11.7 Å². The average Bonchev–Trinajstić information content (AvgIpc) is 2.78. The van der Waals surface area contributed by atoms with Gasteiger partial charge < -0.3 is 15.0 Å². The summed E-state index contributed by atoms with van der Waals surface area (Å²) in [5.41, 5.74) is 1.21. The van der Waals surface area contributed by atoms with Gasteiger partial charge in [-0.2, -0.15) is 13.2 Å². The molecule has 1 unspecified atom stereocenters. The number of alkyl halides is 3. The van der Waals surface area contributed by atoms with Crippen molar-refractivity contribution in [3.63, 3.8) is 0 Å². The number of morpholine rings is 1. The Balaban J connectivity index is 1.62. The van der Waals surface area contributed by atoms with E-state index in [1.54, 1.807) is 11.9 Å². The van der Waals surface area contributed by atoms with Gasteiger partial charge in [0.15, 0.2) is 0 Å². The van der Waals surface area contributed by atoms with Gasteiger partial charge in [-0.3, -0.25) is 4.90 Å². The zero-order valence-corrected chi connectivity index (χ0v) is 17.6. The van der Waals surface area contributed by atoms with Crippen LogP contribution in [0.1, 0.15) is 22.7 Å². The highest BCUT2D eigenvalue weighted by Gasteiger charge is 2.31. The Morgan fingerprint density at radius 2 is 1.74 bits per heavy atom. The summed E-state index contributed by atoms with van der Waals surface area (Å²) in [4.78, 5) is 16.3. The molecule has 0 aliphatic carbocycles. The summed E-state index contributed by atoms with van der Waals surface area (Å²) in [7, 11) is 1.74. The number of urea groups is 1. The van der Waals surface area contributed by atoms with Crippen molar-refractivity contribution in [2.45, 2.75) is 18.6 Å². The average molecular weight is 435 g/mol. The molecule has 0 bridgehead atoms. The lowest BCUT2D eigenvalue weighted by Crippen LogP contribution is -2.46. The second-order valence-corrected chi connectivity index (χ2v) is 7.63. The van der Waals surface area contributed by atoms with Crippen LogP contribution >= 0.6 is 0 Å². The quantitative estimate of drug-likeness (QED) is 0.716. The Hall–Kier alpha value is -2.58. The van der Waals surface area contributed by atoms with Crippen LogP contribution in [0.2, 0.25) is 0 Å². The Morgan fingerprint density at radius 3 is 2.35 bits per heavy atom. The van der Waals surface area contributed by atoms with Crippen LogP contribution in [-0.2, 0) is 17.3 Å². The maximum atomic E-state index is 12.9. The first-order valence-corrected chi connectivity index (χ1v) is 10.4. The number of hydrogen-bond acceptors (Lipinski definition) is 3. The Bertz CT molecular complexity index is 822. The third-order valence-corrected chi connectivity index (χ3v) is 5.48. The van der Waals surface area contributed by atoms with E-state index in [4.69, 9.17) is 4.74 Å². The fourth-order valence-electron chi connectivity index (χ4n) is 3.60. The Kier molecular flexibility index (Phi) is 7.92. The summed E-state index contributed by atoms with van der Waals surface area (Å²) in [5, 5.41) is 2.94. The number of amides is 2. The van der Waals surface area contributed by atoms with Gasteiger partial charge in [-0.25, -0.2) is 4.79 Å². The van der Waals surface area contributed by atoms with Crippen LogP contribution in [-0.4, -0.2) is 62.3 Å². The Labute approximate surface area is 180 Å². The molecule has 1 atom stereocenters. The van der Waals surface area contributed by atoms with Crippen LogP contribution < -0.4 is 5.32 Å². The first-order chi connectivity index (χ1) is 14.8. The lowest BCUT2D eigenvalue weighted by Gasteiger charge is -2.35. The van der Waals surface area contributed by atoms with Crippen molar-refractivity contribution in [3.8, 4) is 0 Å². The van der Waals surface area contributed by atoms with Gasteiger partial charge in [0.1, 0.15) is 0 Å². The predicted molar refractivity (Wildman–Crippen MR) is 113 cm³/mol. The van der Waals surface area contributed by atoms with Gasteiger partial charge in [-0.1, -0.05) is 42.5 Å². The van der Waals surface area contributed by atoms with E-state index in [9.17, 15) is 18.0 Å². The van der Waals surface area contributed by atoms with E-state index in [0.717, 1.165) is 29.7 Å². The fraction of sp³-hybridized carbons (Fsp3) is 0.435. The fourth-order valence-corrected chi connectivity index (χ4v) is 3.60. The van der Waals surface area contributed by atoms with E-state index in [2.05, 4.69) is 10.2 Å². The third kappa shape index (κ3) is 6.70. The van der Waals surface area contributed by atoms with Crippen molar-refractivity contribution >= 4 is 6.03 Å². The molecule has 0 aromatic heterocycles. The summed E-state index contributed by atoms with van der Waals surface area (Å²) < 4.78 is 44.2. The Morgan fingerprint density at radius 1 is 1.10 bits per heavy atom. The molecule has 8 heteroatoms. The molecule has 2 amide bonds. The summed E-state index contributed by atoms with van der Waals surface area (Å²) in [6.45, 7) is 3.30. The summed E-state index contributed by atoms with van der Waals surface area (Å²) in [6.07, 6.45) is -3.63. The summed E-state index contributed by atoms with van der Waals surface area (Å²) >= 11 is 0. The minimum atomic E-state index is -4.37. The molecule has 2 aromatic carbocycles. The topological polar surface area (TPSA) is 44.8 Å². The number of halogens is 3. The zero-order chi connectivity index (χ0) is 22.3. The van der Waals surface area contributed by atoms with Crippen LogP contribution in [0.15, 0.2) is 54.6 Å². The minimum absolute atomic E-state index is 0.207. The second-order valence-electron chi connectivity index (χ2n) is 7.63. The molecule has 1 heterocycles. The molecular formula is C23H28F3N3O2. The highest BCUT2D eigenvalue weighted by Crippen LogP contribution is 2.31. The lowest BCUT2D eigenvalue weighted by atomic mass is 10.0. The molecule has 0 radical (unpaired) electrons. The van der Waals surface area contributed by atoms with Crippen LogP contribution in [0, 0.1) is 0 Å². The molecule has 1 aliphatic rings. The minimum Gasteiger partial charge on any atom is -0.379 e. The number of benzene rings is 2. The van der Waals surface area contributed by atoms with Crippen molar-refractivity contribution in [1.82, 2.24) is 15.1 Å². The summed E-state index contributed by atoms with van der Waals surface area (Å²) in [5.74, 6) is 0. The molecule has 1 saturated heterocycles. The number of hydrogen-bond donors (Lipinski definition) is 1. The molecule has 1 N–H and O–H groups in total. The number of likely N-dealkylation sites (N-methyl/N-ethyl adjacent to an activating group) is 1. The number of carbonyl (C=O) groups excluding carboxylic acids is 1. The molecule has 31 heavy (non-hydrogen) atoms. The van der Waals surface area contributed by atoms with Crippen LogP contribution in [0.25, 0.3) is 0 Å². The number of nitrogens with zero attached hydrogens (tertiary/aromatic N) is 2. The number of carbonyl (C=O) groups is 1. The van der Waals surface area contributed by atoms with Crippen LogP contribution in [0.3, 0.4) is 0 Å². The van der Waals surface area contributed by atoms with Crippen LogP contribution in [0.5, 0.6) is 0 Å². The van der Waals surface area contributed by atoms with Gasteiger partial charge in [0, 0.05) is 33.2 Å². The van der Waals surface area contributed by atoms with Gasteiger partial charge in [-0.15, -0.1) is 0 Å². The number of rotatable bonds is 7. The highest BCUT2D eigenvalue weighted by molar-refractivity contribution is 5.73. The molecule has 168 valence electrons. The first-order valence-electron chi connectivity index (χ1n) is 10.4. The zero-order valence-electron chi connectivity index (χ0n) is 17.6. The maximum absolute atomic E-state index is 12.9. The number of ether oxygens (including phenoxy) is 1. The molecular weight excluding hydrogens is 407 g/mol. The summed E-state index contributed by atoms with van der Waals surface area (Å²) in [6, 6.07) is 14.7. The molecule has 2 aromatic rings. The molecule has 0 spiro atoms. The largest absolute Gasteiger partial charge is 0.416 e. The first kappa shape index (κ1) is 23.1. The van der Waals surface area contributed by atoms with Crippen molar-refractivity contribution in [1.29, 1.82) is 0 Å². The predicted octanol–water partition coefficient (Wildman–Crippen LogP) is 3.96. The SMILES string of the molecule is CN(CCc1ccccc1)C(=O)NCC(c1ccc(C(F)(F)F)cc1)N1CCOCC1. The van der Waals surface area contributed by atoms with Crippen LogP contribution in [0.4, 0.5) is 18.0 Å². The van der Waals surface area contributed by atoms with Gasteiger partial charge in [-0.05, 0) is 29.7 Å². The molecule has 5 nitrogen and oxygen atoms in total. The van der Waals surface area contributed by atoms with Crippen molar-refractivity contribution in [3.05, 3.63) is 71.3 Å². The van der Waals surface area contributed by atoms with Gasteiger partial charge in [0.2, 0.25) is 0 Å². The normalized spacial score (nSPS) is 16.0. The molecule has 3 rings (SSSR count). The van der Waals surface area contributed by atoms with Crippen molar-refractivity contribution < 1.29 is 22.7 Å². The van der Waals surface area contributed by atoms with Gasteiger partial charge in [0.05, 0.1) is 24.8 Å². The molecule has 1 aliphatic heterocycles. The highest BCUT2D eigenvalue weighted by atomic mass is 19.4. The van der Waals surface area contributed by atoms with Crippen molar-refractivity contribution in [2.24, 2.45) is 0 Å². The smallest absolute Gasteiger partial charge is 0.379 e. The lowest BCUT2D eigenvalue weighted by molar-refractivity contribution is -0.137. The number of nitrogens with one attached hydrogen (secondary N) is 1.